The number of aliphatic hydroxyl groups is 1. The van der Waals surface area contributed by atoms with Crippen molar-refractivity contribution in [2.24, 2.45) is 0 Å². The van der Waals surface area contributed by atoms with Crippen LogP contribution < -0.4 is 9.47 Å². The highest BCUT2D eigenvalue weighted by Crippen LogP contribution is 2.28. The molecule has 0 aliphatic heterocycles. The second-order valence-electron chi connectivity index (χ2n) is 2.78. The van der Waals surface area contributed by atoms with Crippen molar-refractivity contribution in [2.45, 2.75) is 6.92 Å². The van der Waals surface area contributed by atoms with Gasteiger partial charge in [0.1, 0.15) is 6.61 Å². The largest absolute Gasteiger partial charge is 0.490 e. The normalized spacial score (nSPS) is 9.40. The van der Waals surface area contributed by atoms with Crippen molar-refractivity contribution in [3.8, 4) is 17.6 Å². The van der Waals surface area contributed by atoms with Crippen LogP contribution in [0.4, 0.5) is 0 Å². The molecule has 15 heavy (non-hydrogen) atoms. The van der Waals surface area contributed by atoms with E-state index in [1.807, 2.05) is 13.0 Å². The molecule has 0 saturated carbocycles. The van der Waals surface area contributed by atoms with Crippen LogP contribution >= 0.6 is 0 Å². The van der Waals surface area contributed by atoms with Gasteiger partial charge in [-0.3, -0.25) is 0 Å². The molecule has 4 nitrogen and oxygen atoms in total. The standard InChI is InChI=1S/C11H13NO3/c1-2-14-10-4-3-9(8-12)7-11(10)15-6-5-13/h3-4,7,13H,2,5-6H2,1H3. The summed E-state index contributed by atoms with van der Waals surface area (Å²) in [5, 5.41) is 17.4. The Labute approximate surface area is 88.7 Å². The summed E-state index contributed by atoms with van der Waals surface area (Å²) in [6.45, 7) is 2.52. The van der Waals surface area contributed by atoms with E-state index in [1.54, 1.807) is 18.2 Å². The highest BCUT2D eigenvalue weighted by atomic mass is 16.5. The number of ether oxygens (including phenoxy) is 2. The molecule has 1 aromatic carbocycles. The second kappa shape index (κ2) is 5.89. The average Bonchev–Trinajstić information content (AvgIpc) is 2.28. The van der Waals surface area contributed by atoms with Crippen molar-refractivity contribution in [2.75, 3.05) is 19.8 Å². The molecule has 0 aliphatic carbocycles. The number of rotatable bonds is 5. The Morgan fingerprint density at radius 1 is 1.33 bits per heavy atom. The Bertz CT molecular complexity index is 357. The van der Waals surface area contributed by atoms with E-state index in [9.17, 15) is 0 Å². The molecule has 0 aliphatic rings. The van der Waals surface area contributed by atoms with Crippen LogP contribution in [0.2, 0.25) is 0 Å². The third-order valence-corrected chi connectivity index (χ3v) is 1.72. The molecule has 0 heterocycles. The molecular formula is C11H13NO3. The first-order chi connectivity index (χ1) is 7.31. The molecule has 0 bridgehead atoms. The molecule has 4 heteroatoms. The number of nitriles is 1. The molecule has 0 atom stereocenters. The molecule has 0 saturated heterocycles. The summed E-state index contributed by atoms with van der Waals surface area (Å²) in [7, 11) is 0. The van der Waals surface area contributed by atoms with E-state index < -0.39 is 0 Å². The first kappa shape index (κ1) is 11.3. The van der Waals surface area contributed by atoms with E-state index in [2.05, 4.69) is 0 Å². The highest BCUT2D eigenvalue weighted by molar-refractivity contribution is 5.46. The lowest BCUT2D eigenvalue weighted by atomic mass is 10.2. The molecule has 0 radical (unpaired) electrons. The zero-order valence-electron chi connectivity index (χ0n) is 8.56. The van der Waals surface area contributed by atoms with E-state index >= 15 is 0 Å². The molecule has 0 unspecified atom stereocenters. The van der Waals surface area contributed by atoms with Crippen molar-refractivity contribution < 1.29 is 14.6 Å². The highest BCUT2D eigenvalue weighted by Gasteiger charge is 2.05. The van der Waals surface area contributed by atoms with Gasteiger partial charge in [0.05, 0.1) is 24.8 Å². The quantitative estimate of drug-likeness (QED) is 0.791. The first-order valence-electron chi connectivity index (χ1n) is 4.72. The van der Waals surface area contributed by atoms with Gasteiger partial charge in [-0.1, -0.05) is 0 Å². The first-order valence-corrected chi connectivity index (χ1v) is 4.72. The van der Waals surface area contributed by atoms with Crippen LogP contribution in [0.1, 0.15) is 12.5 Å². The van der Waals surface area contributed by atoms with Crippen LogP contribution in [-0.4, -0.2) is 24.9 Å². The number of hydrogen-bond donors (Lipinski definition) is 1. The van der Waals surface area contributed by atoms with Crippen LogP contribution in [0.15, 0.2) is 18.2 Å². The van der Waals surface area contributed by atoms with Gasteiger partial charge in [-0.2, -0.15) is 5.26 Å². The average molecular weight is 207 g/mol. The molecule has 0 fully saturated rings. The Hall–Kier alpha value is -1.73. The van der Waals surface area contributed by atoms with Gasteiger partial charge >= 0.3 is 0 Å². The van der Waals surface area contributed by atoms with Crippen molar-refractivity contribution >= 4 is 0 Å². The molecule has 0 aromatic heterocycles. The predicted molar refractivity (Wildman–Crippen MR) is 54.9 cm³/mol. The predicted octanol–water partition coefficient (Wildman–Crippen LogP) is 1.33. The van der Waals surface area contributed by atoms with Gasteiger partial charge < -0.3 is 14.6 Å². The summed E-state index contributed by atoms with van der Waals surface area (Å²) in [5.74, 6) is 1.08. The minimum absolute atomic E-state index is 0.0671. The van der Waals surface area contributed by atoms with Gasteiger partial charge in [0.15, 0.2) is 11.5 Å². The lowest BCUT2D eigenvalue weighted by Gasteiger charge is -2.10. The molecule has 1 aromatic rings. The fraction of sp³-hybridized carbons (Fsp3) is 0.364. The monoisotopic (exact) mass is 207 g/mol. The molecule has 0 amide bonds. The van der Waals surface area contributed by atoms with Crippen LogP contribution in [-0.2, 0) is 0 Å². The van der Waals surface area contributed by atoms with Gasteiger partial charge in [0, 0.05) is 6.07 Å². The smallest absolute Gasteiger partial charge is 0.162 e. The van der Waals surface area contributed by atoms with Crippen LogP contribution in [0, 0.1) is 11.3 Å². The van der Waals surface area contributed by atoms with Crippen molar-refractivity contribution in [1.82, 2.24) is 0 Å². The van der Waals surface area contributed by atoms with Crippen molar-refractivity contribution in [3.63, 3.8) is 0 Å². The van der Waals surface area contributed by atoms with Gasteiger partial charge in [-0.15, -0.1) is 0 Å². The third kappa shape index (κ3) is 3.15. The van der Waals surface area contributed by atoms with Crippen molar-refractivity contribution in [3.05, 3.63) is 23.8 Å². The number of hydrogen-bond acceptors (Lipinski definition) is 4. The SMILES string of the molecule is CCOc1ccc(C#N)cc1OCCO. The number of benzene rings is 1. The van der Waals surface area contributed by atoms with Crippen LogP contribution in [0.25, 0.3) is 0 Å². The summed E-state index contributed by atoms with van der Waals surface area (Å²) < 4.78 is 10.6. The fourth-order valence-electron chi connectivity index (χ4n) is 1.12. The summed E-state index contributed by atoms with van der Waals surface area (Å²) in [6, 6.07) is 6.97. The Kier molecular flexibility index (Phi) is 4.45. The maximum absolute atomic E-state index is 8.71. The summed E-state index contributed by atoms with van der Waals surface area (Å²) in [4.78, 5) is 0. The van der Waals surface area contributed by atoms with Gasteiger partial charge in [-0.25, -0.2) is 0 Å². The zero-order chi connectivity index (χ0) is 11.1. The zero-order valence-corrected chi connectivity index (χ0v) is 8.56. The third-order valence-electron chi connectivity index (χ3n) is 1.72. The minimum Gasteiger partial charge on any atom is -0.490 e. The molecule has 80 valence electrons. The van der Waals surface area contributed by atoms with Crippen LogP contribution in [0.3, 0.4) is 0 Å². The summed E-state index contributed by atoms with van der Waals surface area (Å²) >= 11 is 0. The van der Waals surface area contributed by atoms with Gasteiger partial charge in [0.2, 0.25) is 0 Å². The Morgan fingerprint density at radius 2 is 2.13 bits per heavy atom. The number of aliphatic hydroxyl groups excluding tert-OH is 1. The lowest BCUT2D eigenvalue weighted by molar-refractivity contribution is 0.194. The van der Waals surface area contributed by atoms with E-state index in [0.29, 0.717) is 23.7 Å². The van der Waals surface area contributed by atoms with E-state index in [1.165, 1.54) is 0 Å². The number of nitrogens with zero attached hydrogens (tertiary/aromatic N) is 1. The topological polar surface area (TPSA) is 62.5 Å². The molecule has 1 N–H and O–H groups in total. The van der Waals surface area contributed by atoms with Gasteiger partial charge in [-0.05, 0) is 19.1 Å². The summed E-state index contributed by atoms with van der Waals surface area (Å²) in [6.07, 6.45) is 0. The Balaban J connectivity index is 2.90. The minimum atomic E-state index is -0.0671. The van der Waals surface area contributed by atoms with E-state index in [-0.39, 0.29) is 13.2 Å². The van der Waals surface area contributed by atoms with Gasteiger partial charge in [0.25, 0.3) is 0 Å². The molecule has 1 rings (SSSR count). The van der Waals surface area contributed by atoms with Crippen LogP contribution in [0.5, 0.6) is 11.5 Å². The van der Waals surface area contributed by atoms with Crippen molar-refractivity contribution in [1.29, 1.82) is 5.26 Å². The maximum Gasteiger partial charge on any atom is 0.162 e. The Morgan fingerprint density at radius 3 is 2.73 bits per heavy atom. The molecule has 0 spiro atoms. The van der Waals surface area contributed by atoms with E-state index in [0.717, 1.165) is 0 Å². The summed E-state index contributed by atoms with van der Waals surface area (Å²) in [5.41, 5.74) is 0.506. The second-order valence-corrected chi connectivity index (χ2v) is 2.78. The maximum atomic E-state index is 8.71. The lowest BCUT2D eigenvalue weighted by Crippen LogP contribution is -2.04. The fourth-order valence-corrected chi connectivity index (χ4v) is 1.12. The molecular weight excluding hydrogens is 194 g/mol. The van der Waals surface area contributed by atoms with E-state index in [4.69, 9.17) is 19.8 Å².